The quantitative estimate of drug-likeness (QED) is 0.513. The monoisotopic (exact) mass is 460 g/mol. The predicted molar refractivity (Wildman–Crippen MR) is 124 cm³/mol. The van der Waals surface area contributed by atoms with Crippen molar-refractivity contribution in [3.63, 3.8) is 0 Å². The van der Waals surface area contributed by atoms with Crippen molar-refractivity contribution in [2.24, 2.45) is 11.8 Å². The number of benzene rings is 2. The second kappa shape index (κ2) is 6.76. The number of halogens is 1. The lowest BCUT2D eigenvalue weighted by Gasteiger charge is -2.34. The molecule has 7 nitrogen and oxygen atoms in total. The van der Waals surface area contributed by atoms with Crippen molar-refractivity contribution in [3.05, 3.63) is 65.6 Å². The number of aromatic nitrogens is 1. The molecule has 8 heteroatoms. The van der Waals surface area contributed by atoms with Gasteiger partial charge in [0.05, 0.1) is 11.8 Å². The first kappa shape index (κ1) is 21.0. The summed E-state index contributed by atoms with van der Waals surface area (Å²) >= 11 is 0. The summed E-state index contributed by atoms with van der Waals surface area (Å²) in [6.45, 7) is 5.42. The van der Waals surface area contributed by atoms with Crippen molar-refractivity contribution < 1.29 is 18.8 Å². The maximum atomic E-state index is 14.4. The topological polar surface area (TPSA) is 94.3 Å². The first-order chi connectivity index (χ1) is 16.1. The van der Waals surface area contributed by atoms with E-state index in [9.17, 15) is 18.8 Å². The van der Waals surface area contributed by atoms with Crippen LogP contribution >= 0.6 is 0 Å². The Hall–Kier alpha value is -3.52. The number of likely N-dealkylation sites (tertiary alicyclic amines) is 1. The zero-order valence-electron chi connectivity index (χ0n) is 19.1. The van der Waals surface area contributed by atoms with Gasteiger partial charge >= 0.3 is 0 Å². The summed E-state index contributed by atoms with van der Waals surface area (Å²) < 4.78 is 14.4. The largest absolute Gasteiger partial charge is 0.361 e. The van der Waals surface area contributed by atoms with E-state index in [1.165, 1.54) is 23.1 Å². The number of nitrogens with zero attached hydrogens (tertiary/aromatic N) is 1. The van der Waals surface area contributed by atoms with Crippen LogP contribution in [0.3, 0.4) is 0 Å². The Morgan fingerprint density at radius 3 is 2.59 bits per heavy atom. The molecule has 3 aromatic rings. The SMILES string of the molecule is CC(C)(C)N1C(=O)[C@@H]2C(Cc3c[nH]c4ccccc34)NC3(C(=O)Nc4ccc(F)cc43)[C@@H]2C1=O. The number of carbonyl (C=O) groups excluding carboxylic acids is 3. The van der Waals surface area contributed by atoms with E-state index in [1.807, 2.05) is 30.5 Å². The Morgan fingerprint density at radius 1 is 1.06 bits per heavy atom. The van der Waals surface area contributed by atoms with Crippen molar-refractivity contribution in [2.75, 3.05) is 5.32 Å². The van der Waals surface area contributed by atoms with Gasteiger partial charge in [0.2, 0.25) is 17.7 Å². The molecule has 2 fully saturated rings. The zero-order valence-corrected chi connectivity index (χ0v) is 19.1. The van der Waals surface area contributed by atoms with Crippen LogP contribution in [0.2, 0.25) is 0 Å². The van der Waals surface area contributed by atoms with Crippen LogP contribution in [-0.2, 0) is 26.3 Å². The number of fused-ring (bicyclic) bond motifs is 5. The average molecular weight is 461 g/mol. The van der Waals surface area contributed by atoms with Gasteiger partial charge in [-0.25, -0.2) is 4.39 Å². The molecule has 2 aromatic carbocycles. The van der Waals surface area contributed by atoms with E-state index in [-0.39, 0.29) is 5.91 Å². The molecule has 3 amide bonds. The zero-order chi connectivity index (χ0) is 24.0. The summed E-state index contributed by atoms with van der Waals surface area (Å²) in [5.74, 6) is -3.34. The molecule has 1 spiro atoms. The molecule has 3 N–H and O–H groups in total. The van der Waals surface area contributed by atoms with Crippen LogP contribution in [0.15, 0.2) is 48.7 Å². The molecule has 174 valence electrons. The fourth-order valence-electron chi connectivity index (χ4n) is 6.15. The van der Waals surface area contributed by atoms with E-state index in [0.717, 1.165) is 16.5 Å². The second-order valence-electron chi connectivity index (χ2n) is 10.5. The number of rotatable bonds is 2. The fourth-order valence-corrected chi connectivity index (χ4v) is 6.15. The molecule has 4 atom stereocenters. The molecule has 2 saturated heterocycles. The van der Waals surface area contributed by atoms with Crippen LogP contribution in [0.5, 0.6) is 0 Å². The Labute approximate surface area is 195 Å². The third-order valence-electron chi connectivity index (χ3n) is 7.46. The van der Waals surface area contributed by atoms with Crippen molar-refractivity contribution in [1.82, 2.24) is 15.2 Å². The van der Waals surface area contributed by atoms with E-state index in [0.29, 0.717) is 17.7 Å². The van der Waals surface area contributed by atoms with E-state index >= 15 is 0 Å². The van der Waals surface area contributed by atoms with E-state index in [4.69, 9.17) is 0 Å². The van der Waals surface area contributed by atoms with Crippen molar-refractivity contribution in [2.45, 2.75) is 44.3 Å². The number of carbonyl (C=O) groups is 3. The molecule has 3 aliphatic heterocycles. The highest BCUT2D eigenvalue weighted by atomic mass is 19.1. The van der Waals surface area contributed by atoms with Crippen LogP contribution in [0.25, 0.3) is 10.9 Å². The predicted octanol–water partition coefficient (Wildman–Crippen LogP) is 3.07. The molecule has 1 aromatic heterocycles. The first-order valence-corrected chi connectivity index (χ1v) is 11.4. The van der Waals surface area contributed by atoms with Crippen molar-refractivity contribution in [3.8, 4) is 0 Å². The molecule has 2 unspecified atom stereocenters. The first-order valence-electron chi connectivity index (χ1n) is 11.4. The standard InChI is InChI=1S/C26H25FN4O3/c1-25(2,3)31-22(32)20-19(10-13-12-28-17-7-5-4-6-15(13)17)30-26(21(20)23(31)33)16-11-14(27)8-9-18(16)29-24(26)34/h4-9,11-12,19-21,28,30H,10H2,1-3H3,(H,29,34)/t19?,20-,21+,26?/m1/s1. The van der Waals surface area contributed by atoms with Gasteiger partial charge in [0.25, 0.3) is 0 Å². The molecule has 0 bridgehead atoms. The van der Waals surface area contributed by atoms with Gasteiger partial charge in [-0.2, -0.15) is 0 Å². The lowest BCUT2D eigenvalue weighted by molar-refractivity contribution is -0.147. The molecule has 6 rings (SSSR count). The number of hydrogen-bond acceptors (Lipinski definition) is 4. The third kappa shape index (κ3) is 2.63. The van der Waals surface area contributed by atoms with Crippen molar-refractivity contribution in [1.29, 1.82) is 0 Å². The van der Waals surface area contributed by atoms with E-state index in [1.54, 1.807) is 20.8 Å². The van der Waals surface area contributed by atoms with Gasteiger partial charge in [-0.05, 0) is 57.0 Å². The Kier molecular flexibility index (Phi) is 4.18. The number of anilines is 1. The van der Waals surface area contributed by atoms with Crippen molar-refractivity contribution >= 4 is 34.3 Å². The highest BCUT2D eigenvalue weighted by molar-refractivity contribution is 6.15. The number of H-pyrrole nitrogens is 1. The van der Waals surface area contributed by atoms with Crippen LogP contribution in [0, 0.1) is 17.7 Å². The Balaban J connectivity index is 1.51. The van der Waals surface area contributed by atoms with Crippen LogP contribution in [0.1, 0.15) is 31.9 Å². The van der Waals surface area contributed by atoms with Gasteiger partial charge in [-0.15, -0.1) is 0 Å². The van der Waals surface area contributed by atoms with E-state index < -0.39 is 46.6 Å². The molecule has 0 saturated carbocycles. The lowest BCUT2D eigenvalue weighted by atomic mass is 9.76. The van der Waals surface area contributed by atoms with E-state index in [2.05, 4.69) is 15.6 Å². The summed E-state index contributed by atoms with van der Waals surface area (Å²) in [5.41, 5.74) is 0.538. The summed E-state index contributed by atoms with van der Waals surface area (Å²) in [5, 5.41) is 7.21. The van der Waals surface area contributed by atoms with Gasteiger partial charge < -0.3 is 10.3 Å². The molecule has 34 heavy (non-hydrogen) atoms. The van der Waals surface area contributed by atoms with Gasteiger partial charge in [0.1, 0.15) is 11.4 Å². The molecular formula is C26H25FN4O3. The molecular weight excluding hydrogens is 435 g/mol. The summed E-state index contributed by atoms with van der Waals surface area (Å²) in [7, 11) is 0. The smallest absolute Gasteiger partial charge is 0.250 e. The minimum atomic E-state index is -1.51. The van der Waals surface area contributed by atoms with Crippen LogP contribution < -0.4 is 10.6 Å². The highest BCUT2D eigenvalue weighted by Gasteiger charge is 2.71. The maximum absolute atomic E-state index is 14.4. The molecule has 4 heterocycles. The van der Waals surface area contributed by atoms with Crippen LogP contribution in [0.4, 0.5) is 10.1 Å². The van der Waals surface area contributed by atoms with Gasteiger partial charge in [0, 0.05) is 39.9 Å². The Morgan fingerprint density at radius 2 is 1.82 bits per heavy atom. The minimum Gasteiger partial charge on any atom is -0.361 e. The molecule has 0 radical (unpaired) electrons. The number of nitrogens with one attached hydrogen (secondary N) is 3. The summed E-state index contributed by atoms with van der Waals surface area (Å²) in [4.78, 5) is 45.5. The van der Waals surface area contributed by atoms with Crippen LogP contribution in [-0.4, -0.2) is 39.2 Å². The number of amides is 3. The lowest BCUT2D eigenvalue weighted by Crippen LogP contribution is -2.56. The average Bonchev–Trinajstić information content (AvgIpc) is 3.47. The molecule has 0 aliphatic carbocycles. The fraction of sp³-hybridized carbons (Fsp3) is 0.346. The second-order valence-corrected chi connectivity index (χ2v) is 10.5. The highest BCUT2D eigenvalue weighted by Crippen LogP contribution is 2.54. The number of imide groups is 1. The maximum Gasteiger partial charge on any atom is 0.250 e. The number of hydrogen-bond donors (Lipinski definition) is 3. The summed E-state index contributed by atoms with van der Waals surface area (Å²) in [6, 6.07) is 11.4. The van der Waals surface area contributed by atoms with Gasteiger partial charge in [-0.1, -0.05) is 18.2 Å². The third-order valence-corrected chi connectivity index (χ3v) is 7.46. The molecule has 3 aliphatic rings. The normalized spacial score (nSPS) is 28.2. The summed E-state index contributed by atoms with van der Waals surface area (Å²) in [6.07, 6.45) is 2.33. The van der Waals surface area contributed by atoms with Gasteiger partial charge in [-0.3, -0.25) is 24.6 Å². The number of aromatic amines is 1. The van der Waals surface area contributed by atoms with Gasteiger partial charge in [0.15, 0.2) is 0 Å². The minimum absolute atomic E-state index is 0.297. The number of para-hydroxylation sites is 1. The Bertz CT molecular complexity index is 1390.